The topological polar surface area (TPSA) is 17.1 Å². The van der Waals surface area contributed by atoms with Gasteiger partial charge in [-0.3, -0.25) is 4.79 Å². The SMILES string of the molecule is CC(=O)Cc1cccc(F)c1C(C)F. The number of carbonyl (C=O) groups is 1. The number of alkyl halides is 1. The predicted octanol–water partition coefficient (Wildman–Crippen LogP) is 2.99. The van der Waals surface area contributed by atoms with Crippen LogP contribution < -0.4 is 0 Å². The monoisotopic (exact) mass is 198 g/mol. The van der Waals surface area contributed by atoms with Crippen molar-refractivity contribution in [1.29, 1.82) is 0 Å². The van der Waals surface area contributed by atoms with Crippen molar-refractivity contribution >= 4 is 5.78 Å². The van der Waals surface area contributed by atoms with Crippen molar-refractivity contribution in [3.05, 3.63) is 35.1 Å². The lowest BCUT2D eigenvalue weighted by Crippen LogP contribution is -2.04. The Morgan fingerprint density at radius 2 is 2.14 bits per heavy atom. The van der Waals surface area contributed by atoms with E-state index >= 15 is 0 Å². The van der Waals surface area contributed by atoms with Crippen LogP contribution in [0.25, 0.3) is 0 Å². The van der Waals surface area contributed by atoms with Gasteiger partial charge in [-0.05, 0) is 25.5 Å². The van der Waals surface area contributed by atoms with Gasteiger partial charge in [0.25, 0.3) is 0 Å². The fourth-order valence-electron chi connectivity index (χ4n) is 1.45. The van der Waals surface area contributed by atoms with Crippen LogP contribution in [0.3, 0.4) is 0 Å². The Balaban J connectivity index is 3.14. The highest BCUT2D eigenvalue weighted by molar-refractivity contribution is 5.78. The average Bonchev–Trinajstić information content (AvgIpc) is 2.01. The molecule has 0 saturated heterocycles. The highest BCUT2D eigenvalue weighted by Gasteiger charge is 2.15. The molecule has 1 atom stereocenters. The molecule has 0 radical (unpaired) electrons. The Morgan fingerprint density at radius 3 is 2.64 bits per heavy atom. The largest absolute Gasteiger partial charge is 0.300 e. The van der Waals surface area contributed by atoms with Crippen LogP contribution in [0, 0.1) is 5.82 Å². The van der Waals surface area contributed by atoms with Gasteiger partial charge >= 0.3 is 0 Å². The highest BCUT2D eigenvalue weighted by atomic mass is 19.1. The zero-order chi connectivity index (χ0) is 10.7. The molecule has 14 heavy (non-hydrogen) atoms. The van der Waals surface area contributed by atoms with E-state index in [0.29, 0.717) is 5.56 Å². The van der Waals surface area contributed by atoms with E-state index in [0.717, 1.165) is 0 Å². The maximum atomic E-state index is 13.2. The summed E-state index contributed by atoms with van der Waals surface area (Å²) in [7, 11) is 0. The first kappa shape index (κ1) is 10.8. The number of rotatable bonds is 3. The molecule has 0 amide bonds. The maximum Gasteiger partial charge on any atom is 0.134 e. The molecule has 0 spiro atoms. The summed E-state index contributed by atoms with van der Waals surface area (Å²) in [5.74, 6) is -0.684. The minimum atomic E-state index is -1.38. The molecule has 0 saturated carbocycles. The Morgan fingerprint density at radius 1 is 1.50 bits per heavy atom. The molecule has 0 fully saturated rings. The molecule has 1 rings (SSSR count). The number of halogens is 2. The second-order valence-corrected chi connectivity index (χ2v) is 3.31. The minimum Gasteiger partial charge on any atom is -0.300 e. The average molecular weight is 198 g/mol. The fourth-order valence-corrected chi connectivity index (χ4v) is 1.45. The van der Waals surface area contributed by atoms with E-state index < -0.39 is 12.0 Å². The third kappa shape index (κ3) is 2.37. The molecule has 0 aliphatic carbocycles. The summed E-state index contributed by atoms with van der Waals surface area (Å²) >= 11 is 0. The molecular weight excluding hydrogens is 186 g/mol. The first-order valence-corrected chi connectivity index (χ1v) is 4.43. The van der Waals surface area contributed by atoms with Crippen LogP contribution in [0.4, 0.5) is 8.78 Å². The first-order chi connectivity index (χ1) is 6.52. The van der Waals surface area contributed by atoms with E-state index in [1.807, 2.05) is 0 Å². The lowest BCUT2D eigenvalue weighted by atomic mass is 9.99. The van der Waals surface area contributed by atoms with E-state index in [9.17, 15) is 13.6 Å². The second kappa shape index (κ2) is 4.31. The zero-order valence-electron chi connectivity index (χ0n) is 8.18. The van der Waals surface area contributed by atoms with Gasteiger partial charge in [-0.2, -0.15) is 0 Å². The normalized spacial score (nSPS) is 12.6. The Kier molecular flexibility index (Phi) is 3.33. The smallest absolute Gasteiger partial charge is 0.134 e. The molecule has 0 aliphatic heterocycles. The van der Waals surface area contributed by atoms with E-state index in [1.54, 1.807) is 6.07 Å². The standard InChI is InChI=1S/C11H12F2O/c1-7(14)6-9-4-3-5-10(13)11(9)8(2)12/h3-5,8H,6H2,1-2H3. The van der Waals surface area contributed by atoms with Crippen LogP contribution in [0.5, 0.6) is 0 Å². The zero-order valence-corrected chi connectivity index (χ0v) is 8.18. The summed E-state index contributed by atoms with van der Waals surface area (Å²) in [5, 5.41) is 0. The molecule has 1 aromatic rings. The summed E-state index contributed by atoms with van der Waals surface area (Å²) in [6.07, 6.45) is -1.30. The number of Topliss-reactive ketones (excluding diaryl/α,β-unsaturated/α-hetero) is 1. The van der Waals surface area contributed by atoms with Gasteiger partial charge in [0.15, 0.2) is 0 Å². The predicted molar refractivity (Wildman–Crippen MR) is 50.3 cm³/mol. The van der Waals surface area contributed by atoms with Crippen molar-refractivity contribution in [2.75, 3.05) is 0 Å². The van der Waals surface area contributed by atoms with Gasteiger partial charge in [-0.1, -0.05) is 12.1 Å². The number of benzene rings is 1. The van der Waals surface area contributed by atoms with Crippen molar-refractivity contribution in [2.24, 2.45) is 0 Å². The van der Waals surface area contributed by atoms with Crippen LogP contribution in [0.2, 0.25) is 0 Å². The minimum absolute atomic E-state index is 0.00250. The van der Waals surface area contributed by atoms with E-state index in [1.165, 1.54) is 26.0 Å². The first-order valence-electron chi connectivity index (χ1n) is 4.43. The van der Waals surface area contributed by atoms with Gasteiger partial charge < -0.3 is 0 Å². The summed E-state index contributed by atoms with van der Waals surface area (Å²) in [6.45, 7) is 2.67. The number of hydrogen-bond donors (Lipinski definition) is 0. The summed E-state index contributed by atoms with van der Waals surface area (Å²) in [5.41, 5.74) is 0.440. The van der Waals surface area contributed by atoms with Crippen LogP contribution in [-0.2, 0) is 11.2 Å². The molecule has 0 aromatic heterocycles. The van der Waals surface area contributed by atoms with Crippen molar-refractivity contribution in [1.82, 2.24) is 0 Å². The van der Waals surface area contributed by atoms with Gasteiger partial charge in [0, 0.05) is 12.0 Å². The molecule has 76 valence electrons. The van der Waals surface area contributed by atoms with E-state index in [4.69, 9.17) is 0 Å². The number of ketones is 1. The molecule has 0 N–H and O–H groups in total. The molecular formula is C11H12F2O. The maximum absolute atomic E-state index is 13.2. The van der Waals surface area contributed by atoms with Gasteiger partial charge in [0.1, 0.15) is 17.8 Å². The Bertz CT molecular complexity index is 345. The van der Waals surface area contributed by atoms with E-state index in [2.05, 4.69) is 0 Å². The van der Waals surface area contributed by atoms with Crippen LogP contribution in [0.1, 0.15) is 31.1 Å². The van der Waals surface area contributed by atoms with Gasteiger partial charge in [-0.15, -0.1) is 0 Å². The molecule has 0 bridgehead atoms. The van der Waals surface area contributed by atoms with Crippen molar-refractivity contribution in [3.8, 4) is 0 Å². The third-order valence-electron chi connectivity index (χ3n) is 1.98. The lowest BCUT2D eigenvalue weighted by molar-refractivity contribution is -0.116. The van der Waals surface area contributed by atoms with Gasteiger partial charge in [0.2, 0.25) is 0 Å². The van der Waals surface area contributed by atoms with Gasteiger partial charge in [0.05, 0.1) is 0 Å². The molecule has 1 nitrogen and oxygen atoms in total. The molecule has 1 aromatic carbocycles. The molecule has 3 heteroatoms. The Hall–Kier alpha value is -1.25. The second-order valence-electron chi connectivity index (χ2n) is 3.31. The number of hydrogen-bond acceptors (Lipinski definition) is 1. The van der Waals surface area contributed by atoms with Crippen LogP contribution in [-0.4, -0.2) is 5.78 Å². The summed E-state index contributed by atoms with van der Waals surface area (Å²) in [6, 6.07) is 4.27. The Labute approximate surface area is 81.7 Å². The summed E-state index contributed by atoms with van der Waals surface area (Å²) < 4.78 is 26.3. The van der Waals surface area contributed by atoms with Crippen LogP contribution in [0.15, 0.2) is 18.2 Å². The van der Waals surface area contributed by atoms with E-state index in [-0.39, 0.29) is 17.8 Å². The highest BCUT2D eigenvalue weighted by Crippen LogP contribution is 2.24. The lowest BCUT2D eigenvalue weighted by Gasteiger charge is -2.09. The quantitative estimate of drug-likeness (QED) is 0.729. The third-order valence-corrected chi connectivity index (χ3v) is 1.98. The fraction of sp³-hybridized carbons (Fsp3) is 0.364. The number of carbonyl (C=O) groups excluding carboxylic acids is 1. The van der Waals surface area contributed by atoms with Crippen molar-refractivity contribution in [2.45, 2.75) is 26.4 Å². The summed E-state index contributed by atoms with van der Waals surface area (Å²) in [4.78, 5) is 10.9. The van der Waals surface area contributed by atoms with Crippen molar-refractivity contribution < 1.29 is 13.6 Å². The van der Waals surface area contributed by atoms with Gasteiger partial charge in [-0.25, -0.2) is 8.78 Å². The molecule has 1 unspecified atom stereocenters. The molecule has 0 aliphatic rings. The van der Waals surface area contributed by atoms with Crippen LogP contribution >= 0.6 is 0 Å². The van der Waals surface area contributed by atoms with Crippen molar-refractivity contribution in [3.63, 3.8) is 0 Å². The molecule has 0 heterocycles.